The molecule has 0 aliphatic heterocycles. The zero-order valence-electron chi connectivity index (χ0n) is 7.49. The summed E-state index contributed by atoms with van der Waals surface area (Å²) < 4.78 is 10.4. The largest absolute Gasteiger partial charge is 0.487 e. The van der Waals surface area contributed by atoms with Gasteiger partial charge < -0.3 is 15.2 Å². The Kier molecular flexibility index (Phi) is 1.96. The number of hydrogen-bond acceptors (Lipinski definition) is 4. The van der Waals surface area contributed by atoms with Crippen LogP contribution >= 0.6 is 0 Å². The van der Waals surface area contributed by atoms with Gasteiger partial charge in [0.25, 0.3) is 0 Å². The summed E-state index contributed by atoms with van der Waals surface area (Å²) in [6, 6.07) is 1.66. The van der Waals surface area contributed by atoms with E-state index in [2.05, 4.69) is 4.98 Å². The van der Waals surface area contributed by atoms with E-state index in [-0.39, 0.29) is 0 Å². The highest BCUT2D eigenvalue weighted by molar-refractivity contribution is 5.53. The van der Waals surface area contributed by atoms with E-state index in [4.69, 9.17) is 15.2 Å². The van der Waals surface area contributed by atoms with Gasteiger partial charge in [-0.3, -0.25) is 0 Å². The van der Waals surface area contributed by atoms with Gasteiger partial charge in [0, 0.05) is 6.07 Å². The van der Waals surface area contributed by atoms with E-state index in [1.807, 2.05) is 0 Å². The first-order chi connectivity index (χ1) is 6.29. The second-order valence-corrected chi connectivity index (χ2v) is 3.08. The lowest BCUT2D eigenvalue weighted by Gasteiger charge is -2.07. The summed E-state index contributed by atoms with van der Waals surface area (Å²) in [6.45, 7) is 0. The number of nitrogen functional groups attached to an aromatic ring is 1. The van der Waals surface area contributed by atoms with Gasteiger partial charge in [0.2, 0.25) is 5.88 Å². The number of rotatable bonds is 3. The molecule has 4 heteroatoms. The third-order valence-corrected chi connectivity index (χ3v) is 1.90. The van der Waals surface area contributed by atoms with E-state index in [1.54, 1.807) is 19.4 Å². The standard InChI is InChI=1S/C9H12N2O2/c1-12-9-4-7(10)8(5-11-9)13-6-2-3-6/h4-6H,2-3H2,1H3,(H2,10,11). The van der Waals surface area contributed by atoms with Crippen molar-refractivity contribution in [3.05, 3.63) is 12.3 Å². The maximum Gasteiger partial charge on any atom is 0.215 e. The molecule has 0 amide bonds. The molecule has 4 nitrogen and oxygen atoms in total. The molecule has 1 aliphatic carbocycles. The van der Waals surface area contributed by atoms with Gasteiger partial charge in [0.1, 0.15) is 0 Å². The maximum atomic E-state index is 5.73. The fourth-order valence-electron chi connectivity index (χ4n) is 1.01. The first kappa shape index (κ1) is 8.16. The molecule has 1 heterocycles. The number of hydrogen-bond donors (Lipinski definition) is 1. The number of ether oxygens (including phenoxy) is 2. The summed E-state index contributed by atoms with van der Waals surface area (Å²) in [4.78, 5) is 4.01. The molecule has 1 fully saturated rings. The third kappa shape index (κ3) is 1.83. The van der Waals surface area contributed by atoms with Gasteiger partial charge >= 0.3 is 0 Å². The highest BCUT2D eigenvalue weighted by Crippen LogP contribution is 2.31. The minimum atomic E-state index is 0.345. The van der Waals surface area contributed by atoms with Crippen molar-refractivity contribution in [3.8, 4) is 11.6 Å². The molecular formula is C9H12N2O2. The molecule has 1 aromatic rings. The summed E-state index contributed by atoms with van der Waals surface area (Å²) in [5.74, 6) is 1.17. The van der Waals surface area contributed by atoms with Crippen LogP contribution in [-0.2, 0) is 0 Å². The van der Waals surface area contributed by atoms with Crippen LogP contribution in [0.25, 0.3) is 0 Å². The summed E-state index contributed by atoms with van der Waals surface area (Å²) in [6.07, 6.45) is 4.18. The molecular weight excluding hydrogens is 168 g/mol. The Bertz CT molecular complexity index is 310. The Morgan fingerprint density at radius 1 is 1.54 bits per heavy atom. The number of pyridine rings is 1. The number of nitrogens with two attached hydrogens (primary N) is 1. The van der Waals surface area contributed by atoms with E-state index in [1.165, 1.54) is 0 Å². The molecule has 0 saturated heterocycles. The van der Waals surface area contributed by atoms with Crippen LogP contribution < -0.4 is 15.2 Å². The van der Waals surface area contributed by atoms with Crippen LogP contribution in [0.2, 0.25) is 0 Å². The minimum absolute atomic E-state index is 0.345. The SMILES string of the molecule is COc1cc(N)c(OC2CC2)cn1. The van der Waals surface area contributed by atoms with Crippen LogP contribution in [0, 0.1) is 0 Å². The zero-order valence-corrected chi connectivity index (χ0v) is 7.49. The number of nitrogens with zero attached hydrogens (tertiary/aromatic N) is 1. The van der Waals surface area contributed by atoms with Gasteiger partial charge in [-0.2, -0.15) is 0 Å². The lowest BCUT2D eigenvalue weighted by molar-refractivity contribution is 0.302. The maximum absolute atomic E-state index is 5.73. The normalized spacial score (nSPS) is 15.5. The van der Waals surface area contributed by atoms with Gasteiger partial charge in [-0.25, -0.2) is 4.98 Å². The van der Waals surface area contributed by atoms with Crippen LogP contribution in [-0.4, -0.2) is 18.2 Å². The van der Waals surface area contributed by atoms with Crippen LogP contribution in [0.4, 0.5) is 5.69 Å². The van der Waals surface area contributed by atoms with Crippen LogP contribution in [0.1, 0.15) is 12.8 Å². The molecule has 0 aromatic carbocycles. The predicted molar refractivity (Wildman–Crippen MR) is 48.9 cm³/mol. The van der Waals surface area contributed by atoms with Gasteiger partial charge in [-0.15, -0.1) is 0 Å². The van der Waals surface area contributed by atoms with Crippen molar-refractivity contribution in [3.63, 3.8) is 0 Å². The molecule has 1 saturated carbocycles. The molecule has 70 valence electrons. The minimum Gasteiger partial charge on any atom is -0.487 e. The predicted octanol–water partition coefficient (Wildman–Crippen LogP) is 1.21. The first-order valence-corrected chi connectivity index (χ1v) is 4.26. The molecule has 0 bridgehead atoms. The van der Waals surface area contributed by atoms with E-state index < -0.39 is 0 Å². The highest BCUT2D eigenvalue weighted by Gasteiger charge is 2.24. The lowest BCUT2D eigenvalue weighted by Crippen LogP contribution is -2.01. The Balaban J connectivity index is 2.15. The lowest BCUT2D eigenvalue weighted by atomic mass is 10.4. The number of aromatic nitrogens is 1. The molecule has 1 aromatic heterocycles. The van der Waals surface area contributed by atoms with Crippen molar-refractivity contribution in [2.45, 2.75) is 18.9 Å². The van der Waals surface area contributed by atoms with Crippen molar-refractivity contribution in [1.82, 2.24) is 4.98 Å². The fraction of sp³-hybridized carbons (Fsp3) is 0.444. The van der Waals surface area contributed by atoms with Gasteiger partial charge in [-0.05, 0) is 12.8 Å². The molecule has 0 unspecified atom stereocenters. The van der Waals surface area contributed by atoms with Gasteiger partial charge in [0.15, 0.2) is 5.75 Å². The molecule has 0 spiro atoms. The molecule has 1 aliphatic rings. The Morgan fingerprint density at radius 3 is 2.85 bits per heavy atom. The summed E-state index contributed by atoms with van der Waals surface area (Å²) in [7, 11) is 1.56. The van der Waals surface area contributed by atoms with E-state index in [9.17, 15) is 0 Å². The molecule has 13 heavy (non-hydrogen) atoms. The average molecular weight is 180 g/mol. The Morgan fingerprint density at radius 2 is 2.31 bits per heavy atom. The third-order valence-electron chi connectivity index (χ3n) is 1.90. The summed E-state index contributed by atoms with van der Waals surface area (Å²) >= 11 is 0. The quantitative estimate of drug-likeness (QED) is 0.759. The summed E-state index contributed by atoms with van der Waals surface area (Å²) in [5, 5.41) is 0. The highest BCUT2D eigenvalue weighted by atomic mass is 16.5. The van der Waals surface area contributed by atoms with E-state index in [0.717, 1.165) is 12.8 Å². The molecule has 0 radical (unpaired) electrons. The Labute approximate surface area is 76.7 Å². The summed E-state index contributed by atoms with van der Waals surface area (Å²) in [5.41, 5.74) is 6.31. The second-order valence-electron chi connectivity index (χ2n) is 3.08. The fourth-order valence-corrected chi connectivity index (χ4v) is 1.01. The number of anilines is 1. The topological polar surface area (TPSA) is 57.4 Å². The van der Waals surface area contributed by atoms with Gasteiger partial charge in [-0.1, -0.05) is 0 Å². The Hall–Kier alpha value is -1.45. The van der Waals surface area contributed by atoms with Crippen LogP contribution in [0.5, 0.6) is 11.6 Å². The van der Waals surface area contributed by atoms with E-state index in [0.29, 0.717) is 23.4 Å². The monoisotopic (exact) mass is 180 g/mol. The average Bonchev–Trinajstić information content (AvgIpc) is 2.92. The number of methoxy groups -OCH3 is 1. The van der Waals surface area contributed by atoms with Crippen molar-refractivity contribution in [2.24, 2.45) is 0 Å². The van der Waals surface area contributed by atoms with E-state index >= 15 is 0 Å². The van der Waals surface area contributed by atoms with Crippen molar-refractivity contribution in [2.75, 3.05) is 12.8 Å². The smallest absolute Gasteiger partial charge is 0.215 e. The van der Waals surface area contributed by atoms with Crippen LogP contribution in [0.15, 0.2) is 12.3 Å². The zero-order chi connectivity index (χ0) is 9.26. The van der Waals surface area contributed by atoms with Crippen LogP contribution in [0.3, 0.4) is 0 Å². The van der Waals surface area contributed by atoms with Crippen molar-refractivity contribution < 1.29 is 9.47 Å². The van der Waals surface area contributed by atoms with Gasteiger partial charge in [0.05, 0.1) is 25.1 Å². The second kappa shape index (κ2) is 3.12. The molecule has 2 rings (SSSR count). The molecule has 2 N–H and O–H groups in total. The van der Waals surface area contributed by atoms with Crippen molar-refractivity contribution in [1.29, 1.82) is 0 Å². The first-order valence-electron chi connectivity index (χ1n) is 4.26. The molecule has 0 atom stereocenters. The van der Waals surface area contributed by atoms with Crippen molar-refractivity contribution >= 4 is 5.69 Å².